The van der Waals surface area contributed by atoms with Gasteiger partial charge in [-0.2, -0.15) is 0 Å². The molecule has 1 fully saturated rings. The molecule has 1 saturated heterocycles. The van der Waals surface area contributed by atoms with Gasteiger partial charge in [0.2, 0.25) is 0 Å². The normalized spacial score (nSPS) is 18.4. The predicted molar refractivity (Wildman–Crippen MR) is 102 cm³/mol. The molecule has 1 aliphatic rings. The van der Waals surface area contributed by atoms with Crippen LogP contribution in [0.5, 0.6) is 0 Å². The molecule has 6 nitrogen and oxygen atoms in total. The number of halogens is 1. The van der Waals surface area contributed by atoms with Crippen molar-refractivity contribution in [3.63, 3.8) is 0 Å². The molecule has 7 heteroatoms. The summed E-state index contributed by atoms with van der Waals surface area (Å²) in [6, 6.07) is 10.0. The Balaban J connectivity index is 1.87. The van der Waals surface area contributed by atoms with E-state index in [4.69, 9.17) is 4.42 Å². The maximum Gasteiger partial charge on any atom is 0.296 e. The molecule has 0 aliphatic carbocycles. The number of furan rings is 1. The maximum atomic E-state index is 14.0. The highest BCUT2D eigenvalue weighted by Crippen LogP contribution is 2.40. The number of likely N-dealkylation sites (tertiary alicyclic amines) is 1. The van der Waals surface area contributed by atoms with Crippen molar-refractivity contribution in [2.75, 3.05) is 0 Å². The minimum Gasteiger partial charge on any atom is -0.507 e. The van der Waals surface area contributed by atoms with Crippen LogP contribution in [0.25, 0.3) is 5.76 Å². The van der Waals surface area contributed by atoms with Gasteiger partial charge in [-0.15, -0.1) is 0 Å². The molecule has 3 aromatic rings. The zero-order chi connectivity index (χ0) is 20.5. The van der Waals surface area contributed by atoms with Crippen molar-refractivity contribution >= 4 is 17.4 Å². The molecular formula is C22H17FN2O4. The van der Waals surface area contributed by atoms with Crippen molar-refractivity contribution in [2.24, 2.45) is 0 Å². The quantitative estimate of drug-likeness (QED) is 0.415. The zero-order valence-electron chi connectivity index (χ0n) is 15.5. The Morgan fingerprint density at radius 1 is 1.21 bits per heavy atom. The third-order valence-electron chi connectivity index (χ3n) is 4.91. The number of aryl methyl sites for hydroxylation is 1. The highest BCUT2D eigenvalue weighted by Gasteiger charge is 2.46. The first kappa shape index (κ1) is 18.6. The summed E-state index contributed by atoms with van der Waals surface area (Å²) in [5.74, 6) is -2.05. The lowest BCUT2D eigenvalue weighted by molar-refractivity contribution is -0.140. The highest BCUT2D eigenvalue weighted by molar-refractivity contribution is 6.46. The number of ketones is 1. The fourth-order valence-electron chi connectivity index (χ4n) is 3.40. The van der Waals surface area contributed by atoms with E-state index in [1.54, 1.807) is 31.2 Å². The van der Waals surface area contributed by atoms with Gasteiger partial charge in [-0.25, -0.2) is 4.39 Å². The Hall–Kier alpha value is -3.74. The summed E-state index contributed by atoms with van der Waals surface area (Å²) < 4.78 is 19.4. The Kier molecular flexibility index (Phi) is 4.72. The Morgan fingerprint density at radius 3 is 2.62 bits per heavy atom. The van der Waals surface area contributed by atoms with Crippen molar-refractivity contribution in [1.82, 2.24) is 9.88 Å². The van der Waals surface area contributed by atoms with Gasteiger partial charge in [0.1, 0.15) is 17.3 Å². The van der Waals surface area contributed by atoms with Crippen LogP contribution in [-0.4, -0.2) is 26.7 Å². The van der Waals surface area contributed by atoms with E-state index in [0.717, 1.165) is 6.07 Å². The van der Waals surface area contributed by atoms with Crippen molar-refractivity contribution in [2.45, 2.75) is 19.5 Å². The smallest absolute Gasteiger partial charge is 0.296 e. The molecule has 0 radical (unpaired) electrons. The van der Waals surface area contributed by atoms with Crippen LogP contribution in [0.15, 0.2) is 71.1 Å². The average Bonchev–Trinajstić information content (AvgIpc) is 3.32. The van der Waals surface area contributed by atoms with Crippen LogP contribution in [0.4, 0.5) is 4.39 Å². The van der Waals surface area contributed by atoms with Gasteiger partial charge in [0.15, 0.2) is 0 Å². The third kappa shape index (κ3) is 3.31. The van der Waals surface area contributed by atoms with E-state index in [1.165, 1.54) is 35.7 Å². The van der Waals surface area contributed by atoms with Crippen LogP contribution in [0.1, 0.15) is 28.5 Å². The van der Waals surface area contributed by atoms with Crippen molar-refractivity contribution < 1.29 is 23.5 Å². The maximum absolute atomic E-state index is 14.0. The van der Waals surface area contributed by atoms with Crippen LogP contribution < -0.4 is 0 Å². The van der Waals surface area contributed by atoms with Gasteiger partial charge in [0.05, 0.1) is 24.4 Å². The number of aromatic nitrogens is 1. The summed E-state index contributed by atoms with van der Waals surface area (Å²) in [7, 11) is 0. The van der Waals surface area contributed by atoms with E-state index < -0.39 is 29.3 Å². The fraction of sp³-hybridized carbons (Fsp3) is 0.136. The summed E-state index contributed by atoms with van der Waals surface area (Å²) in [4.78, 5) is 30.9. The molecule has 0 saturated carbocycles. The second-order valence-corrected chi connectivity index (χ2v) is 6.75. The standard InChI is InChI=1S/C22H17FN2O4/c1-13-4-5-15(11-17(13)23)20(26)18-19(14-6-8-24-9-7-14)25(22(28)21(18)27)12-16-3-2-10-29-16/h2-11,19,26H,12H2,1H3/t19-/m0/s1. The second kappa shape index (κ2) is 7.35. The molecule has 4 rings (SSSR count). The molecule has 2 aromatic heterocycles. The number of Topliss-reactive ketones (excluding diaryl/α,β-unsaturated/α-hetero) is 1. The Labute approximate surface area is 165 Å². The van der Waals surface area contributed by atoms with Gasteiger partial charge in [-0.1, -0.05) is 12.1 Å². The van der Waals surface area contributed by atoms with Crippen LogP contribution >= 0.6 is 0 Å². The van der Waals surface area contributed by atoms with Gasteiger partial charge in [-0.3, -0.25) is 14.6 Å². The largest absolute Gasteiger partial charge is 0.507 e. The lowest BCUT2D eigenvalue weighted by Crippen LogP contribution is -2.29. The average molecular weight is 392 g/mol. The van der Waals surface area contributed by atoms with E-state index in [9.17, 15) is 19.1 Å². The van der Waals surface area contributed by atoms with Gasteiger partial charge >= 0.3 is 0 Å². The molecule has 1 aromatic carbocycles. The molecule has 29 heavy (non-hydrogen) atoms. The minimum absolute atomic E-state index is 0.0452. The summed E-state index contributed by atoms with van der Waals surface area (Å²) >= 11 is 0. The third-order valence-corrected chi connectivity index (χ3v) is 4.91. The second-order valence-electron chi connectivity index (χ2n) is 6.75. The van der Waals surface area contributed by atoms with Gasteiger partial charge in [0, 0.05) is 18.0 Å². The number of carbonyl (C=O) groups is 2. The van der Waals surface area contributed by atoms with E-state index >= 15 is 0 Å². The van der Waals surface area contributed by atoms with Gasteiger partial charge in [-0.05, 0) is 48.4 Å². The van der Waals surface area contributed by atoms with E-state index in [-0.39, 0.29) is 17.7 Å². The lowest BCUT2D eigenvalue weighted by atomic mass is 9.95. The lowest BCUT2D eigenvalue weighted by Gasteiger charge is -2.24. The van der Waals surface area contributed by atoms with E-state index in [1.807, 2.05) is 0 Å². The molecular weight excluding hydrogens is 375 g/mol. The summed E-state index contributed by atoms with van der Waals surface area (Å²) in [6.07, 6.45) is 4.55. The summed E-state index contributed by atoms with van der Waals surface area (Å²) in [5.41, 5.74) is 1.03. The fourth-order valence-corrected chi connectivity index (χ4v) is 3.40. The molecule has 146 valence electrons. The molecule has 0 bridgehead atoms. The summed E-state index contributed by atoms with van der Waals surface area (Å²) in [6.45, 7) is 1.64. The molecule has 0 unspecified atom stereocenters. The number of amides is 1. The van der Waals surface area contributed by atoms with Crippen LogP contribution in [0.3, 0.4) is 0 Å². The number of carbonyl (C=O) groups excluding carboxylic acids is 2. The highest BCUT2D eigenvalue weighted by atomic mass is 19.1. The number of benzene rings is 1. The first-order chi connectivity index (χ1) is 14.0. The predicted octanol–water partition coefficient (Wildman–Crippen LogP) is 3.74. The monoisotopic (exact) mass is 392 g/mol. The molecule has 1 amide bonds. The molecule has 1 atom stereocenters. The summed E-state index contributed by atoms with van der Waals surface area (Å²) in [5, 5.41) is 10.9. The number of hydrogen-bond acceptors (Lipinski definition) is 5. The van der Waals surface area contributed by atoms with Gasteiger partial charge < -0.3 is 14.4 Å². The minimum atomic E-state index is -0.854. The van der Waals surface area contributed by atoms with Crippen molar-refractivity contribution in [1.29, 1.82) is 0 Å². The number of aliphatic hydroxyl groups excluding tert-OH is 1. The molecule has 0 spiro atoms. The van der Waals surface area contributed by atoms with Crippen LogP contribution in [-0.2, 0) is 16.1 Å². The number of hydrogen-bond donors (Lipinski definition) is 1. The Bertz CT molecular complexity index is 1110. The van der Waals surface area contributed by atoms with Gasteiger partial charge in [0.25, 0.3) is 11.7 Å². The molecule has 1 N–H and O–H groups in total. The van der Waals surface area contributed by atoms with Crippen LogP contribution in [0.2, 0.25) is 0 Å². The number of aliphatic hydroxyl groups is 1. The van der Waals surface area contributed by atoms with E-state index in [0.29, 0.717) is 16.9 Å². The number of pyridine rings is 1. The number of nitrogens with zero attached hydrogens (tertiary/aromatic N) is 2. The van der Waals surface area contributed by atoms with Crippen molar-refractivity contribution in [3.05, 3.63) is 95.0 Å². The number of rotatable bonds is 4. The first-order valence-electron chi connectivity index (χ1n) is 8.94. The van der Waals surface area contributed by atoms with Crippen LogP contribution in [0, 0.1) is 12.7 Å². The zero-order valence-corrected chi connectivity index (χ0v) is 15.5. The Morgan fingerprint density at radius 2 is 1.97 bits per heavy atom. The molecule has 1 aliphatic heterocycles. The van der Waals surface area contributed by atoms with E-state index in [2.05, 4.69) is 4.98 Å². The first-order valence-corrected chi connectivity index (χ1v) is 8.94. The SMILES string of the molecule is Cc1ccc(C(O)=C2C(=O)C(=O)N(Cc3ccco3)[C@H]2c2ccncc2)cc1F. The van der Waals surface area contributed by atoms with Crippen molar-refractivity contribution in [3.8, 4) is 0 Å². The molecule has 3 heterocycles. The topological polar surface area (TPSA) is 83.6 Å².